The molecule has 0 saturated carbocycles. The fraction of sp³-hybridized carbons (Fsp3) is 0.0600. The molecule has 0 bridgehead atoms. The van der Waals surface area contributed by atoms with Gasteiger partial charge in [-0.3, -0.25) is 15.0 Å². The average molecular weight is 721 g/mol. The van der Waals surface area contributed by atoms with Gasteiger partial charge in [-0.15, -0.1) is 0 Å². The van der Waals surface area contributed by atoms with Gasteiger partial charge in [0, 0.05) is 75.7 Å². The maximum absolute atomic E-state index is 4.70. The number of dihydropyridines is 1. The molecule has 6 nitrogen and oxygen atoms in total. The summed E-state index contributed by atoms with van der Waals surface area (Å²) in [6, 6.07) is 43.6. The molecule has 1 aliphatic heterocycles. The van der Waals surface area contributed by atoms with Crippen LogP contribution in [-0.2, 0) is 6.42 Å². The van der Waals surface area contributed by atoms with E-state index in [1.54, 1.807) is 0 Å². The molecule has 266 valence electrons. The van der Waals surface area contributed by atoms with E-state index < -0.39 is 0 Å². The third kappa shape index (κ3) is 5.22. The molecule has 5 aromatic heterocycles. The minimum absolute atomic E-state index is 0.118. The Morgan fingerprint density at radius 3 is 2.14 bits per heavy atom. The van der Waals surface area contributed by atoms with Crippen LogP contribution in [0.1, 0.15) is 34.3 Å². The zero-order valence-electron chi connectivity index (χ0n) is 30.5. The Morgan fingerprint density at radius 2 is 1.32 bits per heavy atom. The van der Waals surface area contributed by atoms with E-state index in [0.717, 1.165) is 45.4 Å². The molecule has 1 aliphatic carbocycles. The predicted molar refractivity (Wildman–Crippen MR) is 228 cm³/mol. The van der Waals surface area contributed by atoms with Crippen molar-refractivity contribution in [1.82, 2.24) is 29.4 Å². The molecule has 9 aromatic rings. The highest BCUT2D eigenvalue weighted by molar-refractivity contribution is 6.10. The summed E-state index contributed by atoms with van der Waals surface area (Å²) >= 11 is 0. The summed E-state index contributed by atoms with van der Waals surface area (Å²) in [5.74, 6) is 0.210. The van der Waals surface area contributed by atoms with Crippen molar-refractivity contribution in [3.63, 3.8) is 0 Å². The SMILES string of the molecule is C1=CNC(c2ccccc2-c2ccc3c(c2)c2cnccc2n3-c2cccc(-n3c4c(c5cnccc53)CC(c3ccccc3-c3ccccn3)C=C4)c2)C=C1. The van der Waals surface area contributed by atoms with E-state index in [2.05, 4.69) is 164 Å². The molecule has 6 heterocycles. The number of pyridine rings is 3. The molecular weight excluding hydrogens is 685 g/mol. The Bertz CT molecular complexity index is 3050. The number of nitrogens with one attached hydrogen (secondary N) is 1. The molecule has 6 heteroatoms. The minimum Gasteiger partial charge on any atom is -0.381 e. The van der Waals surface area contributed by atoms with Gasteiger partial charge in [-0.05, 0) is 107 Å². The summed E-state index contributed by atoms with van der Waals surface area (Å²) in [7, 11) is 0. The third-order valence-electron chi connectivity index (χ3n) is 11.4. The third-order valence-corrected chi connectivity index (χ3v) is 11.4. The van der Waals surface area contributed by atoms with Gasteiger partial charge in [-0.25, -0.2) is 0 Å². The van der Waals surface area contributed by atoms with E-state index in [9.17, 15) is 0 Å². The molecule has 0 spiro atoms. The minimum atomic E-state index is 0.118. The van der Waals surface area contributed by atoms with Crippen LogP contribution in [0.3, 0.4) is 0 Å². The molecule has 0 radical (unpaired) electrons. The molecule has 11 rings (SSSR count). The van der Waals surface area contributed by atoms with Gasteiger partial charge in [0.1, 0.15) is 0 Å². The number of hydrogen-bond donors (Lipinski definition) is 1. The van der Waals surface area contributed by atoms with Crippen LogP contribution >= 0.6 is 0 Å². The van der Waals surface area contributed by atoms with Gasteiger partial charge in [0.2, 0.25) is 0 Å². The Morgan fingerprint density at radius 1 is 0.571 bits per heavy atom. The number of fused-ring (bicyclic) bond motifs is 6. The highest BCUT2D eigenvalue weighted by atomic mass is 15.0. The van der Waals surface area contributed by atoms with E-state index in [0.29, 0.717) is 0 Å². The average Bonchev–Trinajstić information content (AvgIpc) is 3.79. The number of aromatic nitrogens is 5. The lowest BCUT2D eigenvalue weighted by atomic mass is 9.84. The first kappa shape index (κ1) is 32.1. The zero-order valence-corrected chi connectivity index (χ0v) is 30.5. The van der Waals surface area contributed by atoms with Gasteiger partial charge in [0.15, 0.2) is 0 Å². The number of benzene rings is 4. The molecule has 1 N–H and O–H groups in total. The predicted octanol–water partition coefficient (Wildman–Crippen LogP) is 11.3. The van der Waals surface area contributed by atoms with Crippen molar-refractivity contribution in [3.05, 3.63) is 205 Å². The number of rotatable bonds is 6. The molecule has 0 amide bonds. The van der Waals surface area contributed by atoms with Crippen LogP contribution in [0.25, 0.3) is 72.5 Å². The fourth-order valence-electron chi connectivity index (χ4n) is 8.92. The van der Waals surface area contributed by atoms with Gasteiger partial charge in [0.25, 0.3) is 0 Å². The molecule has 0 saturated heterocycles. The second-order valence-corrected chi connectivity index (χ2v) is 14.5. The number of nitrogens with zero attached hydrogens (tertiary/aromatic N) is 5. The van der Waals surface area contributed by atoms with Crippen LogP contribution in [-0.4, -0.2) is 24.1 Å². The molecule has 0 fully saturated rings. The monoisotopic (exact) mass is 720 g/mol. The van der Waals surface area contributed by atoms with Gasteiger partial charge in [0.05, 0.1) is 28.3 Å². The van der Waals surface area contributed by atoms with Gasteiger partial charge in [-0.2, -0.15) is 0 Å². The summed E-state index contributed by atoms with van der Waals surface area (Å²) < 4.78 is 4.78. The van der Waals surface area contributed by atoms with Crippen molar-refractivity contribution in [1.29, 1.82) is 0 Å². The number of hydrogen-bond acceptors (Lipinski definition) is 4. The van der Waals surface area contributed by atoms with Crippen LogP contribution in [0.2, 0.25) is 0 Å². The lowest BCUT2D eigenvalue weighted by Gasteiger charge is -2.22. The quantitative estimate of drug-likeness (QED) is 0.186. The Labute approximate surface area is 324 Å². The van der Waals surface area contributed by atoms with Crippen LogP contribution < -0.4 is 5.32 Å². The Balaban J connectivity index is 1.02. The standard InChI is InChI=1S/C50H36N6/c1-3-14-39(45-16-5-7-24-53-45)37(12-1)33-18-20-47-41(28-33)43-31-51-26-22-49(43)55(47)35-10-9-11-36(30-35)56-48-21-19-34(29-42(48)44-32-52-27-23-50(44)56)38-13-2-4-15-40(38)46-17-6-8-25-54-46/h1-28,30-32,34,45,53H,29H2. The van der Waals surface area contributed by atoms with Gasteiger partial charge < -0.3 is 14.5 Å². The first-order chi connectivity index (χ1) is 27.8. The maximum atomic E-state index is 4.70. The van der Waals surface area contributed by atoms with Crippen molar-refractivity contribution < 1.29 is 0 Å². The molecule has 2 atom stereocenters. The van der Waals surface area contributed by atoms with Crippen molar-refractivity contribution in [2.45, 2.75) is 18.4 Å². The largest absolute Gasteiger partial charge is 0.381 e. The highest BCUT2D eigenvalue weighted by Gasteiger charge is 2.26. The van der Waals surface area contributed by atoms with Crippen molar-refractivity contribution in [2.75, 3.05) is 0 Å². The number of allylic oxidation sites excluding steroid dienone is 3. The summed E-state index contributed by atoms with van der Waals surface area (Å²) in [6.07, 6.45) is 23.6. The second kappa shape index (κ2) is 13.2. The maximum Gasteiger partial charge on any atom is 0.0704 e. The first-order valence-electron chi connectivity index (χ1n) is 19.1. The van der Waals surface area contributed by atoms with Gasteiger partial charge >= 0.3 is 0 Å². The summed E-state index contributed by atoms with van der Waals surface area (Å²) in [5, 5.41) is 6.99. The van der Waals surface area contributed by atoms with Crippen molar-refractivity contribution in [3.8, 4) is 33.8 Å². The topological polar surface area (TPSA) is 60.6 Å². The highest BCUT2D eigenvalue weighted by Crippen LogP contribution is 2.42. The van der Waals surface area contributed by atoms with Crippen molar-refractivity contribution >= 4 is 38.8 Å². The second-order valence-electron chi connectivity index (χ2n) is 14.5. The van der Waals surface area contributed by atoms with E-state index in [4.69, 9.17) is 4.98 Å². The molecule has 2 unspecified atom stereocenters. The summed E-state index contributed by atoms with van der Waals surface area (Å²) in [6.45, 7) is 0. The molecule has 4 aromatic carbocycles. The van der Waals surface area contributed by atoms with Crippen LogP contribution in [0.5, 0.6) is 0 Å². The fourth-order valence-corrected chi connectivity index (χ4v) is 8.92. The summed E-state index contributed by atoms with van der Waals surface area (Å²) in [5.41, 5.74) is 15.2. The van der Waals surface area contributed by atoms with Gasteiger partial charge in [-0.1, -0.05) is 85.0 Å². The lowest BCUT2D eigenvalue weighted by molar-refractivity contribution is 0.748. The van der Waals surface area contributed by atoms with Crippen LogP contribution in [0.4, 0.5) is 0 Å². The first-order valence-corrected chi connectivity index (χ1v) is 19.1. The molecule has 2 aliphatic rings. The van der Waals surface area contributed by atoms with Crippen LogP contribution in [0, 0.1) is 0 Å². The lowest BCUT2D eigenvalue weighted by Crippen LogP contribution is -2.15. The smallest absolute Gasteiger partial charge is 0.0704 e. The zero-order chi connectivity index (χ0) is 37.0. The normalized spacial score (nSPS) is 16.1. The van der Waals surface area contributed by atoms with E-state index in [1.165, 1.54) is 49.8 Å². The Kier molecular flexibility index (Phi) is 7.59. The van der Waals surface area contributed by atoms with E-state index in [1.807, 2.05) is 49.3 Å². The van der Waals surface area contributed by atoms with Crippen molar-refractivity contribution in [2.24, 2.45) is 0 Å². The van der Waals surface area contributed by atoms with Crippen LogP contribution in [0.15, 0.2) is 183 Å². The van der Waals surface area contributed by atoms with E-state index in [-0.39, 0.29) is 12.0 Å². The summed E-state index contributed by atoms with van der Waals surface area (Å²) in [4.78, 5) is 13.9. The van der Waals surface area contributed by atoms with E-state index >= 15 is 0 Å². The Hall–Kier alpha value is -7.31. The molecular formula is C50H36N6. The molecule has 56 heavy (non-hydrogen) atoms.